The van der Waals surface area contributed by atoms with Gasteiger partial charge >= 0.3 is 0 Å². The molecule has 138 valence electrons. The van der Waals surface area contributed by atoms with Crippen LogP contribution in [0.15, 0.2) is 34.9 Å². The molecule has 1 aromatic carbocycles. The van der Waals surface area contributed by atoms with Gasteiger partial charge in [-0.25, -0.2) is 4.98 Å². The number of hydrogen-bond acceptors (Lipinski definition) is 5. The first-order valence-corrected chi connectivity index (χ1v) is 9.41. The molecule has 0 aliphatic heterocycles. The highest BCUT2D eigenvalue weighted by molar-refractivity contribution is 7.22. The number of nitrogens with zero attached hydrogens (tertiary/aromatic N) is 2. The number of quaternary nitrogens is 1. The van der Waals surface area contributed by atoms with E-state index in [9.17, 15) is 4.79 Å². The number of aromatic nitrogens is 1. The maximum absolute atomic E-state index is 13.0. The summed E-state index contributed by atoms with van der Waals surface area (Å²) in [5.74, 6) is 0.876. The maximum Gasteiger partial charge on any atom is 0.295 e. The van der Waals surface area contributed by atoms with Gasteiger partial charge in [0.05, 0.1) is 38.7 Å². The van der Waals surface area contributed by atoms with Crippen LogP contribution in [0.4, 0.5) is 5.13 Å². The second kappa shape index (κ2) is 7.88. The molecular weight excluding hydrogens is 350 g/mol. The van der Waals surface area contributed by atoms with Crippen molar-refractivity contribution in [2.24, 2.45) is 0 Å². The van der Waals surface area contributed by atoms with Crippen molar-refractivity contribution in [3.63, 3.8) is 0 Å². The van der Waals surface area contributed by atoms with Crippen molar-refractivity contribution in [3.8, 4) is 5.75 Å². The van der Waals surface area contributed by atoms with Crippen LogP contribution >= 0.6 is 11.3 Å². The molecule has 0 unspecified atom stereocenters. The number of rotatable bonds is 7. The van der Waals surface area contributed by atoms with E-state index in [2.05, 4.69) is 14.1 Å². The van der Waals surface area contributed by atoms with E-state index in [4.69, 9.17) is 14.1 Å². The fourth-order valence-corrected chi connectivity index (χ4v) is 3.86. The van der Waals surface area contributed by atoms with Crippen molar-refractivity contribution in [2.45, 2.75) is 13.3 Å². The Morgan fingerprint density at radius 3 is 2.81 bits per heavy atom. The second-order valence-corrected chi connectivity index (χ2v) is 7.48. The van der Waals surface area contributed by atoms with Crippen molar-refractivity contribution in [1.82, 2.24) is 4.98 Å². The zero-order valence-corrected chi connectivity index (χ0v) is 16.4. The third kappa shape index (κ3) is 3.73. The Bertz CT molecular complexity index is 887. The Morgan fingerprint density at radius 2 is 2.15 bits per heavy atom. The van der Waals surface area contributed by atoms with E-state index in [-0.39, 0.29) is 5.91 Å². The monoisotopic (exact) mass is 374 g/mol. The molecule has 0 bridgehead atoms. The van der Waals surface area contributed by atoms with Crippen LogP contribution in [0.2, 0.25) is 0 Å². The number of anilines is 1. The summed E-state index contributed by atoms with van der Waals surface area (Å²) in [6, 6.07) is 7.33. The molecule has 0 atom stereocenters. The Labute approximate surface area is 157 Å². The molecule has 0 fully saturated rings. The molecule has 2 aromatic heterocycles. The van der Waals surface area contributed by atoms with Crippen molar-refractivity contribution in [2.75, 3.05) is 39.2 Å². The molecule has 0 saturated heterocycles. The van der Waals surface area contributed by atoms with E-state index < -0.39 is 0 Å². The van der Waals surface area contributed by atoms with E-state index in [0.717, 1.165) is 34.5 Å². The van der Waals surface area contributed by atoms with Crippen LogP contribution in [0, 0.1) is 6.92 Å². The summed E-state index contributed by atoms with van der Waals surface area (Å²) in [5.41, 5.74) is 1.91. The van der Waals surface area contributed by atoms with E-state index >= 15 is 0 Å². The number of carbonyl (C=O) groups excluding carboxylic acids is 1. The van der Waals surface area contributed by atoms with Crippen LogP contribution < -0.4 is 14.5 Å². The summed E-state index contributed by atoms with van der Waals surface area (Å²) < 4.78 is 11.8. The van der Waals surface area contributed by atoms with Gasteiger partial charge in [0, 0.05) is 13.0 Å². The SMILES string of the molecule is COc1ccc(C)c2sc(N(CCC[NH+](C)C)C(=O)c3ccco3)nc12. The number of aryl methyl sites for hydroxylation is 1. The Hall–Kier alpha value is -2.38. The van der Waals surface area contributed by atoms with Crippen molar-refractivity contribution >= 4 is 32.6 Å². The number of furan rings is 1. The molecular formula is C19H24N3O3S+. The fourth-order valence-electron chi connectivity index (χ4n) is 2.79. The summed E-state index contributed by atoms with van der Waals surface area (Å²) in [7, 11) is 5.84. The highest BCUT2D eigenvalue weighted by Gasteiger charge is 2.24. The number of ether oxygens (including phenoxy) is 1. The number of carbonyl (C=O) groups is 1. The zero-order chi connectivity index (χ0) is 18.7. The minimum absolute atomic E-state index is 0.167. The molecule has 7 heteroatoms. The van der Waals surface area contributed by atoms with Crippen LogP contribution in [0.1, 0.15) is 22.5 Å². The van der Waals surface area contributed by atoms with Gasteiger partial charge in [-0.15, -0.1) is 0 Å². The number of thiazole rings is 1. The molecule has 6 nitrogen and oxygen atoms in total. The zero-order valence-electron chi connectivity index (χ0n) is 15.5. The molecule has 2 heterocycles. The predicted molar refractivity (Wildman–Crippen MR) is 104 cm³/mol. The lowest BCUT2D eigenvalue weighted by atomic mass is 10.2. The molecule has 1 N–H and O–H groups in total. The number of benzene rings is 1. The Morgan fingerprint density at radius 1 is 1.35 bits per heavy atom. The number of hydrogen-bond donors (Lipinski definition) is 1. The summed E-state index contributed by atoms with van der Waals surface area (Å²) in [6.45, 7) is 3.60. The highest BCUT2D eigenvalue weighted by Crippen LogP contribution is 2.36. The first-order valence-electron chi connectivity index (χ1n) is 8.59. The van der Waals surface area contributed by atoms with E-state index in [1.807, 2.05) is 19.1 Å². The number of methoxy groups -OCH3 is 1. The van der Waals surface area contributed by atoms with Crippen molar-refractivity contribution in [1.29, 1.82) is 0 Å². The fraction of sp³-hybridized carbons (Fsp3) is 0.368. The topological polar surface area (TPSA) is 60.0 Å². The van der Waals surface area contributed by atoms with Gasteiger partial charge in [-0.3, -0.25) is 9.69 Å². The van der Waals surface area contributed by atoms with Crippen LogP contribution in [0.3, 0.4) is 0 Å². The van der Waals surface area contributed by atoms with Gasteiger partial charge < -0.3 is 14.1 Å². The summed E-state index contributed by atoms with van der Waals surface area (Å²) >= 11 is 1.51. The van der Waals surface area contributed by atoms with Gasteiger partial charge in [0.25, 0.3) is 5.91 Å². The minimum atomic E-state index is -0.167. The van der Waals surface area contributed by atoms with E-state index in [1.54, 1.807) is 24.1 Å². The lowest BCUT2D eigenvalue weighted by Gasteiger charge is -2.19. The van der Waals surface area contributed by atoms with Gasteiger partial charge in [0.15, 0.2) is 10.9 Å². The van der Waals surface area contributed by atoms with Gasteiger partial charge in [0.2, 0.25) is 0 Å². The van der Waals surface area contributed by atoms with Gasteiger partial charge in [-0.05, 0) is 30.7 Å². The van der Waals surface area contributed by atoms with E-state index in [1.165, 1.54) is 22.5 Å². The number of nitrogens with one attached hydrogen (secondary N) is 1. The van der Waals surface area contributed by atoms with Crippen LogP contribution in [-0.4, -0.2) is 45.2 Å². The molecule has 0 radical (unpaired) electrons. The molecule has 0 spiro atoms. The Kier molecular flexibility index (Phi) is 5.58. The minimum Gasteiger partial charge on any atom is -0.494 e. The van der Waals surface area contributed by atoms with Crippen molar-refractivity contribution < 1.29 is 18.8 Å². The van der Waals surface area contributed by atoms with Gasteiger partial charge in [-0.2, -0.15) is 0 Å². The molecule has 0 aliphatic rings. The maximum atomic E-state index is 13.0. The average Bonchev–Trinajstić information content (AvgIpc) is 3.28. The number of fused-ring (bicyclic) bond motifs is 1. The summed E-state index contributed by atoms with van der Waals surface area (Å²) in [5, 5.41) is 0.669. The molecule has 26 heavy (non-hydrogen) atoms. The third-order valence-electron chi connectivity index (χ3n) is 4.18. The van der Waals surface area contributed by atoms with E-state index in [0.29, 0.717) is 17.4 Å². The largest absolute Gasteiger partial charge is 0.494 e. The molecule has 3 aromatic rings. The molecule has 3 rings (SSSR count). The quantitative estimate of drug-likeness (QED) is 0.690. The standard InChI is InChI=1S/C19H23N3O3S/c1-13-8-9-14(24-4)16-17(13)26-19(20-16)22(11-6-10-21(2)3)18(23)15-7-5-12-25-15/h5,7-9,12H,6,10-11H2,1-4H3/p+1. The first-order chi connectivity index (χ1) is 12.5. The molecule has 1 amide bonds. The Balaban J connectivity index is 1.99. The predicted octanol–water partition coefficient (Wildman–Crippen LogP) is 2.39. The normalized spacial score (nSPS) is 11.3. The van der Waals surface area contributed by atoms with Crippen LogP contribution in [0.25, 0.3) is 10.2 Å². The van der Waals surface area contributed by atoms with Gasteiger partial charge in [0.1, 0.15) is 11.3 Å². The van der Waals surface area contributed by atoms with Crippen molar-refractivity contribution in [3.05, 3.63) is 41.9 Å². The summed E-state index contributed by atoms with van der Waals surface area (Å²) in [4.78, 5) is 20.7. The number of amides is 1. The van der Waals surface area contributed by atoms with Crippen LogP contribution in [0.5, 0.6) is 5.75 Å². The first kappa shape index (κ1) is 18.4. The highest BCUT2D eigenvalue weighted by atomic mass is 32.1. The summed E-state index contributed by atoms with van der Waals surface area (Å²) in [6.07, 6.45) is 2.39. The van der Waals surface area contributed by atoms with Crippen LogP contribution in [-0.2, 0) is 0 Å². The molecule has 0 saturated carbocycles. The lowest BCUT2D eigenvalue weighted by molar-refractivity contribution is -0.858. The second-order valence-electron chi connectivity index (χ2n) is 6.50. The smallest absolute Gasteiger partial charge is 0.295 e. The average molecular weight is 374 g/mol. The third-order valence-corrected chi connectivity index (χ3v) is 5.39. The van der Waals surface area contributed by atoms with Gasteiger partial charge in [-0.1, -0.05) is 17.4 Å². The molecule has 0 aliphatic carbocycles. The lowest BCUT2D eigenvalue weighted by Crippen LogP contribution is -3.05.